The van der Waals surface area contributed by atoms with E-state index in [2.05, 4.69) is 4.90 Å². The first-order valence-corrected chi connectivity index (χ1v) is 12.0. The number of nitrogens with zero attached hydrogens (tertiary/aromatic N) is 2. The van der Waals surface area contributed by atoms with Gasteiger partial charge in [0, 0.05) is 39.3 Å². The zero-order chi connectivity index (χ0) is 19.6. The maximum atomic E-state index is 14.0. The third-order valence-electron chi connectivity index (χ3n) is 6.75. The standard InChI is InChI=1S/C21H31FN2O3S/c22-19-5-1-2-6-20(19)28(25,26)24-12-7-18(8-13-24)17-23-14-10-21(11-15-23)9-3-4-16-27-21/h1-2,5-6,18H,3-4,7-17H2. The molecule has 0 saturated carbocycles. The highest BCUT2D eigenvalue weighted by Gasteiger charge is 2.38. The molecule has 3 aliphatic heterocycles. The zero-order valence-electron chi connectivity index (χ0n) is 16.5. The van der Waals surface area contributed by atoms with Crippen LogP contribution >= 0.6 is 0 Å². The predicted octanol–water partition coefficient (Wildman–Crippen LogP) is 3.26. The van der Waals surface area contributed by atoms with Crippen LogP contribution in [0.4, 0.5) is 4.39 Å². The molecule has 3 aliphatic rings. The summed E-state index contributed by atoms with van der Waals surface area (Å²) in [5.41, 5.74) is 0.131. The lowest BCUT2D eigenvalue weighted by Crippen LogP contribution is -2.49. The van der Waals surface area contributed by atoms with Crippen molar-refractivity contribution in [2.45, 2.75) is 55.4 Å². The van der Waals surface area contributed by atoms with Gasteiger partial charge in [0.15, 0.2) is 0 Å². The second kappa shape index (κ2) is 8.38. The Kier molecular flexibility index (Phi) is 6.06. The summed E-state index contributed by atoms with van der Waals surface area (Å²) in [6.45, 7) is 5.05. The van der Waals surface area contributed by atoms with Gasteiger partial charge < -0.3 is 9.64 Å². The molecule has 0 unspecified atom stereocenters. The topological polar surface area (TPSA) is 49.9 Å². The van der Waals surface area contributed by atoms with Crippen molar-refractivity contribution in [2.24, 2.45) is 5.92 Å². The number of benzene rings is 1. The van der Waals surface area contributed by atoms with E-state index in [0.717, 1.165) is 51.9 Å². The summed E-state index contributed by atoms with van der Waals surface area (Å²) in [7, 11) is -3.74. The molecular formula is C21H31FN2O3S. The first-order chi connectivity index (χ1) is 13.5. The van der Waals surface area contributed by atoms with Gasteiger partial charge in [0.2, 0.25) is 10.0 Å². The molecule has 0 atom stereocenters. The van der Waals surface area contributed by atoms with E-state index in [1.807, 2.05) is 0 Å². The fourth-order valence-corrected chi connectivity index (χ4v) is 6.47. The highest BCUT2D eigenvalue weighted by Crippen LogP contribution is 2.35. The molecule has 5 nitrogen and oxygen atoms in total. The van der Waals surface area contributed by atoms with Gasteiger partial charge in [-0.2, -0.15) is 4.31 Å². The van der Waals surface area contributed by atoms with Crippen LogP contribution in [0.5, 0.6) is 0 Å². The van der Waals surface area contributed by atoms with E-state index in [0.29, 0.717) is 19.0 Å². The van der Waals surface area contributed by atoms with Gasteiger partial charge in [0.05, 0.1) is 5.60 Å². The molecule has 0 bridgehead atoms. The lowest BCUT2D eigenvalue weighted by atomic mass is 9.84. The number of rotatable bonds is 4. The Balaban J connectivity index is 1.27. The van der Waals surface area contributed by atoms with Crippen LogP contribution in [0.1, 0.15) is 44.9 Å². The number of halogens is 1. The van der Waals surface area contributed by atoms with Crippen LogP contribution in [-0.4, -0.2) is 62.6 Å². The molecule has 28 heavy (non-hydrogen) atoms. The van der Waals surface area contributed by atoms with Crippen LogP contribution in [0.25, 0.3) is 0 Å². The maximum Gasteiger partial charge on any atom is 0.245 e. The van der Waals surface area contributed by atoms with Gasteiger partial charge >= 0.3 is 0 Å². The summed E-state index contributed by atoms with van der Waals surface area (Å²) in [5.74, 6) is -0.162. The molecule has 156 valence electrons. The minimum atomic E-state index is -3.74. The second-order valence-electron chi connectivity index (χ2n) is 8.57. The van der Waals surface area contributed by atoms with E-state index in [1.165, 1.54) is 41.8 Å². The second-order valence-corrected chi connectivity index (χ2v) is 10.5. The number of piperidine rings is 2. The smallest absolute Gasteiger partial charge is 0.245 e. The highest BCUT2D eigenvalue weighted by atomic mass is 32.2. The summed E-state index contributed by atoms with van der Waals surface area (Å²) in [4.78, 5) is 2.32. The maximum absolute atomic E-state index is 14.0. The third-order valence-corrected chi connectivity index (χ3v) is 8.68. The van der Waals surface area contributed by atoms with E-state index >= 15 is 0 Å². The molecule has 7 heteroatoms. The normalized spacial score (nSPS) is 25.2. The molecule has 3 saturated heterocycles. The van der Waals surface area contributed by atoms with Gasteiger partial charge in [-0.05, 0) is 63.0 Å². The van der Waals surface area contributed by atoms with Crippen molar-refractivity contribution < 1.29 is 17.5 Å². The number of likely N-dealkylation sites (tertiary alicyclic amines) is 1. The van der Waals surface area contributed by atoms with Crippen LogP contribution < -0.4 is 0 Å². The number of sulfonamides is 1. The lowest BCUT2D eigenvalue weighted by molar-refractivity contribution is -0.112. The van der Waals surface area contributed by atoms with Crippen molar-refractivity contribution in [1.29, 1.82) is 0 Å². The molecule has 1 spiro atoms. The van der Waals surface area contributed by atoms with Crippen molar-refractivity contribution in [2.75, 3.05) is 39.3 Å². The first-order valence-electron chi connectivity index (χ1n) is 10.6. The van der Waals surface area contributed by atoms with E-state index in [9.17, 15) is 12.8 Å². The minimum absolute atomic E-state index is 0.131. The molecule has 1 aromatic carbocycles. The van der Waals surface area contributed by atoms with E-state index in [-0.39, 0.29) is 10.5 Å². The Morgan fingerprint density at radius 2 is 1.75 bits per heavy atom. The summed E-state index contributed by atoms with van der Waals surface area (Å²) < 4.78 is 47.0. The van der Waals surface area contributed by atoms with Crippen molar-refractivity contribution >= 4 is 10.0 Å². The van der Waals surface area contributed by atoms with Crippen LogP contribution in [-0.2, 0) is 14.8 Å². The van der Waals surface area contributed by atoms with Gasteiger partial charge in [-0.3, -0.25) is 0 Å². The molecule has 1 aromatic rings. The van der Waals surface area contributed by atoms with Crippen LogP contribution in [0.15, 0.2) is 29.2 Å². The van der Waals surface area contributed by atoms with Crippen LogP contribution in [0.2, 0.25) is 0 Å². The Labute approximate surface area is 167 Å². The predicted molar refractivity (Wildman–Crippen MR) is 106 cm³/mol. The Hall–Kier alpha value is -1.02. The zero-order valence-corrected chi connectivity index (χ0v) is 17.3. The molecule has 0 N–H and O–H groups in total. The van der Waals surface area contributed by atoms with E-state index in [1.54, 1.807) is 6.07 Å². The minimum Gasteiger partial charge on any atom is -0.375 e. The van der Waals surface area contributed by atoms with Crippen LogP contribution in [0, 0.1) is 11.7 Å². The third kappa shape index (κ3) is 4.27. The molecular weight excluding hydrogens is 379 g/mol. The molecule has 3 heterocycles. The average molecular weight is 411 g/mol. The first kappa shape index (κ1) is 20.3. The van der Waals surface area contributed by atoms with Gasteiger partial charge in [0.25, 0.3) is 0 Å². The molecule has 0 aromatic heterocycles. The highest BCUT2D eigenvalue weighted by molar-refractivity contribution is 7.89. The summed E-state index contributed by atoms with van der Waals surface area (Å²) >= 11 is 0. The number of ether oxygens (including phenoxy) is 1. The fraction of sp³-hybridized carbons (Fsp3) is 0.714. The summed E-state index contributed by atoms with van der Waals surface area (Å²) in [6.07, 6.45) is 7.60. The van der Waals surface area contributed by atoms with Crippen LogP contribution in [0.3, 0.4) is 0 Å². The largest absolute Gasteiger partial charge is 0.375 e. The quantitative estimate of drug-likeness (QED) is 0.765. The summed E-state index contributed by atoms with van der Waals surface area (Å²) in [5, 5.41) is 0. The van der Waals surface area contributed by atoms with Gasteiger partial charge in [0.1, 0.15) is 10.7 Å². The molecule has 3 fully saturated rings. The fourth-order valence-electron chi connectivity index (χ4n) is 4.94. The lowest BCUT2D eigenvalue weighted by Gasteiger charge is -2.45. The van der Waals surface area contributed by atoms with Gasteiger partial charge in [-0.1, -0.05) is 12.1 Å². The van der Waals surface area contributed by atoms with Gasteiger partial charge in [-0.15, -0.1) is 0 Å². The Bertz CT molecular complexity index is 762. The molecule has 4 rings (SSSR count). The monoisotopic (exact) mass is 410 g/mol. The number of hydrogen-bond donors (Lipinski definition) is 0. The van der Waals surface area contributed by atoms with Crippen molar-refractivity contribution in [3.05, 3.63) is 30.1 Å². The molecule has 0 aliphatic carbocycles. The van der Waals surface area contributed by atoms with Crippen molar-refractivity contribution in [1.82, 2.24) is 9.21 Å². The van der Waals surface area contributed by atoms with E-state index < -0.39 is 15.8 Å². The number of hydrogen-bond acceptors (Lipinski definition) is 4. The van der Waals surface area contributed by atoms with Gasteiger partial charge in [-0.25, -0.2) is 12.8 Å². The van der Waals surface area contributed by atoms with E-state index in [4.69, 9.17) is 4.74 Å². The Morgan fingerprint density at radius 3 is 2.39 bits per heavy atom. The summed E-state index contributed by atoms with van der Waals surface area (Å²) in [6, 6.07) is 5.65. The molecule has 0 amide bonds. The van der Waals surface area contributed by atoms with Crippen molar-refractivity contribution in [3.63, 3.8) is 0 Å². The Morgan fingerprint density at radius 1 is 1.04 bits per heavy atom. The SMILES string of the molecule is O=S(=O)(c1ccccc1F)N1CCC(CN2CCC3(CCCCO3)CC2)CC1. The van der Waals surface area contributed by atoms with Crippen molar-refractivity contribution in [3.8, 4) is 0 Å². The molecule has 0 radical (unpaired) electrons. The average Bonchev–Trinajstić information content (AvgIpc) is 2.71.